The molecule has 4 rings (SSSR count). The Morgan fingerprint density at radius 1 is 1.15 bits per heavy atom. The number of amides is 2. The molecule has 1 aliphatic carbocycles. The number of alkyl carbamates (subject to hydrolysis) is 1. The van der Waals surface area contributed by atoms with Crippen molar-refractivity contribution in [2.24, 2.45) is 0 Å². The van der Waals surface area contributed by atoms with E-state index in [1.165, 1.54) is 16.7 Å². The smallest absolute Gasteiger partial charge is 0.407 e. The first-order valence-corrected chi connectivity index (χ1v) is 13.6. The topological polar surface area (TPSA) is 95.9 Å². The van der Waals surface area contributed by atoms with Crippen LogP contribution in [-0.2, 0) is 14.3 Å². The average Bonchev–Trinajstić information content (AvgIpc) is 3.38. The predicted molar refractivity (Wildman–Crippen MR) is 135 cm³/mol. The summed E-state index contributed by atoms with van der Waals surface area (Å²) in [6, 6.07) is 14.4. The van der Waals surface area contributed by atoms with E-state index in [4.69, 9.17) is 4.74 Å². The average molecular weight is 501 g/mol. The Labute approximate surface area is 207 Å². The fraction of sp³-hybridized carbons (Fsp3) is 0.400. The Kier molecular flexibility index (Phi) is 7.73. The molecule has 7 nitrogen and oxygen atoms in total. The van der Waals surface area contributed by atoms with E-state index in [1.54, 1.807) is 11.8 Å². The van der Waals surface area contributed by atoms with Crippen LogP contribution in [0.15, 0.2) is 48.5 Å². The van der Waals surface area contributed by atoms with Gasteiger partial charge >= 0.3 is 12.1 Å². The van der Waals surface area contributed by atoms with Crippen molar-refractivity contribution in [3.8, 4) is 11.1 Å². The number of aliphatic carboxylic acids is 1. The Balaban J connectivity index is 1.45. The molecule has 180 valence electrons. The minimum absolute atomic E-state index is 0.0788. The number of thioether (sulfide) groups is 2. The third kappa shape index (κ3) is 4.90. The van der Waals surface area contributed by atoms with E-state index in [1.807, 2.05) is 49.6 Å². The summed E-state index contributed by atoms with van der Waals surface area (Å²) in [6.07, 6.45) is 1.64. The number of ether oxygens (including phenoxy) is 1. The second-order valence-corrected chi connectivity index (χ2v) is 10.7. The molecule has 0 aromatic heterocycles. The first-order valence-electron chi connectivity index (χ1n) is 11.2. The van der Waals surface area contributed by atoms with Gasteiger partial charge in [0.15, 0.2) is 0 Å². The standard InChI is InChI=1S/C25H28N2O5S2/c1-15-27(22(14-34-15)24(29)30)23(28)21(11-12-33-2)26-25(31)32-13-20-18-9-5-3-7-16(18)17-8-4-6-10-19(17)20/h3-10,15,20-22H,11-14H2,1-2H3,(H,26,31)(H,29,30). The summed E-state index contributed by atoms with van der Waals surface area (Å²) in [5.41, 5.74) is 4.50. The summed E-state index contributed by atoms with van der Waals surface area (Å²) < 4.78 is 5.61. The van der Waals surface area contributed by atoms with Gasteiger partial charge in [-0.25, -0.2) is 9.59 Å². The molecular weight excluding hydrogens is 472 g/mol. The Morgan fingerprint density at radius 2 is 1.76 bits per heavy atom. The molecule has 0 saturated carbocycles. The highest BCUT2D eigenvalue weighted by Gasteiger charge is 2.42. The van der Waals surface area contributed by atoms with Crippen molar-refractivity contribution in [1.29, 1.82) is 0 Å². The highest BCUT2D eigenvalue weighted by molar-refractivity contribution is 8.00. The molecule has 34 heavy (non-hydrogen) atoms. The lowest BCUT2D eigenvalue weighted by Gasteiger charge is -2.29. The number of hydrogen-bond acceptors (Lipinski definition) is 6. The number of carbonyl (C=O) groups excluding carboxylic acids is 2. The number of benzene rings is 2. The Hall–Kier alpha value is -2.65. The zero-order chi connectivity index (χ0) is 24.2. The van der Waals surface area contributed by atoms with Crippen molar-refractivity contribution >= 4 is 41.5 Å². The predicted octanol–water partition coefficient (Wildman–Crippen LogP) is 4.02. The summed E-state index contributed by atoms with van der Waals surface area (Å²) >= 11 is 2.98. The molecule has 1 saturated heterocycles. The monoisotopic (exact) mass is 500 g/mol. The van der Waals surface area contributed by atoms with Gasteiger partial charge < -0.3 is 20.1 Å². The molecule has 0 radical (unpaired) electrons. The zero-order valence-corrected chi connectivity index (χ0v) is 20.7. The molecule has 2 N–H and O–H groups in total. The lowest BCUT2D eigenvalue weighted by molar-refractivity contribution is -0.149. The van der Waals surface area contributed by atoms with Crippen LogP contribution in [0.4, 0.5) is 4.79 Å². The molecule has 2 amide bonds. The van der Waals surface area contributed by atoms with Gasteiger partial charge in [-0.15, -0.1) is 11.8 Å². The van der Waals surface area contributed by atoms with Gasteiger partial charge in [0.1, 0.15) is 18.7 Å². The molecule has 2 aromatic carbocycles. The SMILES string of the molecule is CSCCC(NC(=O)OCC1c2ccccc2-c2ccccc21)C(=O)N1C(C)SCC1C(=O)O. The molecule has 0 spiro atoms. The maximum atomic E-state index is 13.3. The van der Waals surface area contributed by atoms with Crippen molar-refractivity contribution in [2.75, 3.05) is 24.4 Å². The number of carboxylic acids is 1. The van der Waals surface area contributed by atoms with Crippen LogP contribution < -0.4 is 5.32 Å². The largest absolute Gasteiger partial charge is 0.480 e. The van der Waals surface area contributed by atoms with E-state index in [0.29, 0.717) is 17.9 Å². The van der Waals surface area contributed by atoms with Crippen molar-refractivity contribution in [2.45, 2.75) is 36.7 Å². The summed E-state index contributed by atoms with van der Waals surface area (Å²) in [6.45, 7) is 1.96. The Morgan fingerprint density at radius 3 is 2.35 bits per heavy atom. The normalized spacial score (nSPS) is 19.9. The van der Waals surface area contributed by atoms with Gasteiger partial charge in [0.25, 0.3) is 0 Å². The summed E-state index contributed by atoms with van der Waals surface area (Å²) in [4.78, 5) is 39.1. The second-order valence-electron chi connectivity index (χ2n) is 8.34. The van der Waals surface area contributed by atoms with Crippen molar-refractivity contribution in [3.05, 3.63) is 59.7 Å². The van der Waals surface area contributed by atoms with E-state index in [-0.39, 0.29) is 23.8 Å². The third-order valence-corrected chi connectivity index (χ3v) is 8.17. The third-order valence-electron chi connectivity index (χ3n) is 6.31. The molecule has 9 heteroatoms. The van der Waals surface area contributed by atoms with Crippen LogP contribution in [0.1, 0.15) is 30.4 Å². The van der Waals surface area contributed by atoms with Crippen LogP contribution in [0.25, 0.3) is 11.1 Å². The summed E-state index contributed by atoms with van der Waals surface area (Å²) in [7, 11) is 0. The maximum absolute atomic E-state index is 13.3. The van der Waals surface area contributed by atoms with E-state index in [9.17, 15) is 19.5 Å². The van der Waals surface area contributed by atoms with Crippen molar-refractivity contribution < 1.29 is 24.2 Å². The number of hydrogen-bond donors (Lipinski definition) is 2. The molecule has 2 aromatic rings. The highest BCUT2D eigenvalue weighted by atomic mass is 32.2. The second kappa shape index (κ2) is 10.7. The minimum atomic E-state index is -1.03. The number of fused-ring (bicyclic) bond motifs is 3. The van der Waals surface area contributed by atoms with Gasteiger partial charge in [0, 0.05) is 11.7 Å². The molecule has 1 fully saturated rings. The lowest BCUT2D eigenvalue weighted by atomic mass is 9.98. The van der Waals surface area contributed by atoms with Crippen LogP contribution in [0.5, 0.6) is 0 Å². The van der Waals surface area contributed by atoms with Crippen molar-refractivity contribution in [1.82, 2.24) is 10.2 Å². The fourth-order valence-electron chi connectivity index (χ4n) is 4.62. The number of carboxylic acid groups (broad SMARTS) is 1. The van der Waals surface area contributed by atoms with Crippen LogP contribution in [0.3, 0.4) is 0 Å². The van der Waals surface area contributed by atoms with Crippen molar-refractivity contribution in [3.63, 3.8) is 0 Å². The first-order chi connectivity index (χ1) is 16.4. The molecule has 3 atom stereocenters. The quantitative estimate of drug-likeness (QED) is 0.565. The number of carbonyl (C=O) groups is 3. The molecule has 1 aliphatic heterocycles. The van der Waals surface area contributed by atoms with Gasteiger partial charge in [-0.1, -0.05) is 48.5 Å². The molecule has 1 heterocycles. The lowest BCUT2D eigenvalue weighted by Crippen LogP contribution is -2.54. The highest BCUT2D eigenvalue weighted by Crippen LogP contribution is 2.44. The van der Waals surface area contributed by atoms with Crippen LogP contribution in [0.2, 0.25) is 0 Å². The fourth-order valence-corrected chi connectivity index (χ4v) is 6.27. The molecule has 0 bridgehead atoms. The van der Waals surface area contributed by atoms with E-state index < -0.39 is 24.1 Å². The minimum Gasteiger partial charge on any atom is -0.480 e. The maximum Gasteiger partial charge on any atom is 0.407 e. The number of nitrogens with zero attached hydrogens (tertiary/aromatic N) is 1. The van der Waals surface area contributed by atoms with Gasteiger partial charge in [-0.2, -0.15) is 11.8 Å². The van der Waals surface area contributed by atoms with Gasteiger partial charge in [0.05, 0.1) is 5.37 Å². The Bertz CT molecular complexity index is 1030. The zero-order valence-electron chi connectivity index (χ0n) is 19.1. The van der Waals surface area contributed by atoms with Gasteiger partial charge in [-0.05, 0) is 47.6 Å². The molecule has 3 unspecified atom stereocenters. The van der Waals surface area contributed by atoms with Gasteiger partial charge in [-0.3, -0.25) is 4.79 Å². The number of nitrogens with one attached hydrogen (secondary N) is 1. The first kappa shape index (κ1) is 24.5. The van der Waals surface area contributed by atoms with Crippen LogP contribution >= 0.6 is 23.5 Å². The van der Waals surface area contributed by atoms with Crippen LogP contribution in [-0.4, -0.2) is 69.8 Å². The van der Waals surface area contributed by atoms with E-state index >= 15 is 0 Å². The van der Waals surface area contributed by atoms with E-state index in [2.05, 4.69) is 17.4 Å². The molecule has 2 aliphatic rings. The van der Waals surface area contributed by atoms with Crippen LogP contribution in [0, 0.1) is 0 Å². The number of rotatable bonds is 8. The summed E-state index contributed by atoms with van der Waals surface area (Å²) in [5.74, 6) is -0.511. The van der Waals surface area contributed by atoms with E-state index in [0.717, 1.165) is 22.3 Å². The molecular formula is C25H28N2O5S2. The summed E-state index contributed by atoms with van der Waals surface area (Å²) in [5, 5.41) is 12.0. The van der Waals surface area contributed by atoms with Gasteiger partial charge in [0.2, 0.25) is 5.91 Å².